The second kappa shape index (κ2) is 7.25. The molecule has 0 radical (unpaired) electrons. The number of hydrogen-bond donors (Lipinski definition) is 1. The van der Waals surface area contributed by atoms with Crippen molar-refractivity contribution in [1.82, 2.24) is 5.32 Å². The van der Waals surface area contributed by atoms with Crippen LogP contribution in [0.25, 0.3) is 0 Å². The maximum atomic E-state index is 12.5. The first-order valence-corrected chi connectivity index (χ1v) is 8.11. The summed E-state index contributed by atoms with van der Waals surface area (Å²) in [6.07, 6.45) is 0.890. The smallest absolute Gasteiger partial charge is 0.322 e. The highest BCUT2D eigenvalue weighted by Crippen LogP contribution is 2.31. The van der Waals surface area contributed by atoms with Gasteiger partial charge in [0.15, 0.2) is 11.5 Å². The summed E-state index contributed by atoms with van der Waals surface area (Å²) in [6.45, 7) is 2.88. The highest BCUT2D eigenvalue weighted by molar-refractivity contribution is 5.94. The molecule has 5 heteroatoms. The average Bonchev–Trinajstić information content (AvgIpc) is 2.94. The Labute approximate surface area is 142 Å². The second-order valence-electron chi connectivity index (χ2n) is 5.78. The Kier molecular flexibility index (Phi) is 4.89. The third-order valence-corrected chi connectivity index (χ3v) is 4.13. The van der Waals surface area contributed by atoms with Crippen molar-refractivity contribution in [3.8, 4) is 11.5 Å². The Morgan fingerprint density at radius 2 is 1.88 bits per heavy atom. The lowest BCUT2D eigenvalue weighted by atomic mass is 10.1. The quantitative estimate of drug-likeness (QED) is 0.858. The SMILES string of the molecule is COc1ccccc1OCCNC(=O)N1c2ccccc2CC1C. The number of fused-ring (bicyclic) bond motifs is 1. The van der Waals surface area contributed by atoms with E-state index in [1.807, 2.05) is 47.4 Å². The molecule has 1 aliphatic rings. The van der Waals surface area contributed by atoms with E-state index in [1.165, 1.54) is 5.56 Å². The second-order valence-corrected chi connectivity index (χ2v) is 5.78. The fourth-order valence-electron chi connectivity index (χ4n) is 3.02. The molecule has 1 unspecified atom stereocenters. The number of hydrogen-bond acceptors (Lipinski definition) is 3. The van der Waals surface area contributed by atoms with Crippen molar-refractivity contribution in [2.45, 2.75) is 19.4 Å². The van der Waals surface area contributed by atoms with Gasteiger partial charge in [0.1, 0.15) is 6.61 Å². The maximum Gasteiger partial charge on any atom is 0.322 e. The monoisotopic (exact) mass is 326 g/mol. The van der Waals surface area contributed by atoms with Crippen LogP contribution in [0.4, 0.5) is 10.5 Å². The Morgan fingerprint density at radius 1 is 1.17 bits per heavy atom. The van der Waals surface area contributed by atoms with Crippen molar-refractivity contribution in [3.05, 3.63) is 54.1 Å². The van der Waals surface area contributed by atoms with Gasteiger partial charge >= 0.3 is 6.03 Å². The Bertz CT molecular complexity index is 717. The number of para-hydroxylation sites is 3. The van der Waals surface area contributed by atoms with E-state index in [4.69, 9.17) is 9.47 Å². The molecule has 2 aromatic rings. The largest absolute Gasteiger partial charge is 0.493 e. The van der Waals surface area contributed by atoms with Gasteiger partial charge in [0.05, 0.1) is 13.7 Å². The van der Waals surface area contributed by atoms with Crippen molar-refractivity contribution < 1.29 is 14.3 Å². The molecule has 1 heterocycles. The summed E-state index contributed by atoms with van der Waals surface area (Å²) < 4.78 is 10.9. The lowest BCUT2D eigenvalue weighted by Crippen LogP contribution is -2.44. The molecule has 126 valence electrons. The van der Waals surface area contributed by atoms with Gasteiger partial charge in [-0.05, 0) is 37.1 Å². The van der Waals surface area contributed by atoms with Crippen molar-refractivity contribution in [1.29, 1.82) is 0 Å². The molecule has 0 saturated carbocycles. The molecule has 1 aliphatic heterocycles. The average molecular weight is 326 g/mol. The van der Waals surface area contributed by atoms with E-state index < -0.39 is 0 Å². The van der Waals surface area contributed by atoms with Crippen LogP contribution in [-0.4, -0.2) is 32.3 Å². The van der Waals surface area contributed by atoms with E-state index >= 15 is 0 Å². The third-order valence-electron chi connectivity index (χ3n) is 4.13. The summed E-state index contributed by atoms with van der Waals surface area (Å²) in [5.74, 6) is 1.36. The lowest BCUT2D eigenvalue weighted by Gasteiger charge is -2.23. The number of rotatable bonds is 5. The van der Waals surface area contributed by atoms with Crippen LogP contribution >= 0.6 is 0 Å². The zero-order chi connectivity index (χ0) is 16.9. The molecule has 3 rings (SSSR count). The number of benzene rings is 2. The van der Waals surface area contributed by atoms with E-state index in [1.54, 1.807) is 7.11 Å². The Hall–Kier alpha value is -2.69. The number of nitrogens with zero attached hydrogens (tertiary/aromatic N) is 1. The highest BCUT2D eigenvalue weighted by Gasteiger charge is 2.30. The summed E-state index contributed by atoms with van der Waals surface area (Å²) in [7, 11) is 1.61. The lowest BCUT2D eigenvalue weighted by molar-refractivity contribution is 0.239. The standard InChI is InChI=1S/C19H22N2O3/c1-14-13-15-7-3-4-8-16(15)21(14)19(22)20-11-12-24-18-10-6-5-9-17(18)23-2/h3-10,14H,11-13H2,1-2H3,(H,20,22). The van der Waals surface area contributed by atoms with Gasteiger partial charge in [0, 0.05) is 11.7 Å². The molecule has 0 aromatic heterocycles. The fourth-order valence-corrected chi connectivity index (χ4v) is 3.02. The number of carbonyl (C=O) groups is 1. The molecule has 0 fully saturated rings. The van der Waals surface area contributed by atoms with Crippen LogP contribution in [0, 0.1) is 0 Å². The first kappa shape index (κ1) is 16.2. The number of amides is 2. The van der Waals surface area contributed by atoms with E-state index in [9.17, 15) is 4.79 Å². The molecular formula is C19H22N2O3. The number of anilines is 1. The van der Waals surface area contributed by atoms with Gasteiger partial charge in [0.2, 0.25) is 0 Å². The number of carbonyl (C=O) groups excluding carboxylic acids is 1. The minimum atomic E-state index is -0.0870. The molecule has 0 aliphatic carbocycles. The van der Waals surface area contributed by atoms with Gasteiger partial charge in [-0.3, -0.25) is 4.90 Å². The first-order valence-electron chi connectivity index (χ1n) is 8.11. The molecule has 24 heavy (non-hydrogen) atoms. The van der Waals surface area contributed by atoms with E-state index in [2.05, 4.69) is 18.3 Å². The topological polar surface area (TPSA) is 50.8 Å². The summed E-state index contributed by atoms with van der Waals surface area (Å²) in [4.78, 5) is 14.3. The third kappa shape index (κ3) is 3.30. The van der Waals surface area contributed by atoms with Crippen molar-refractivity contribution in [3.63, 3.8) is 0 Å². The molecule has 0 bridgehead atoms. The summed E-state index contributed by atoms with van der Waals surface area (Å²) in [6, 6.07) is 15.6. The van der Waals surface area contributed by atoms with Crippen LogP contribution in [0.3, 0.4) is 0 Å². The minimum Gasteiger partial charge on any atom is -0.493 e. The van der Waals surface area contributed by atoms with Gasteiger partial charge in [-0.15, -0.1) is 0 Å². The zero-order valence-corrected chi connectivity index (χ0v) is 14.0. The first-order chi connectivity index (χ1) is 11.7. The molecule has 2 amide bonds. The fraction of sp³-hybridized carbons (Fsp3) is 0.316. The number of methoxy groups -OCH3 is 1. The molecule has 0 spiro atoms. The zero-order valence-electron chi connectivity index (χ0n) is 14.0. The molecule has 5 nitrogen and oxygen atoms in total. The van der Waals surface area contributed by atoms with Crippen LogP contribution in [0.2, 0.25) is 0 Å². The molecule has 1 atom stereocenters. The van der Waals surface area contributed by atoms with Crippen LogP contribution in [0.15, 0.2) is 48.5 Å². The molecular weight excluding hydrogens is 304 g/mol. The van der Waals surface area contributed by atoms with Crippen LogP contribution < -0.4 is 19.7 Å². The van der Waals surface area contributed by atoms with Crippen molar-refractivity contribution in [2.75, 3.05) is 25.2 Å². The van der Waals surface area contributed by atoms with Gasteiger partial charge < -0.3 is 14.8 Å². The predicted octanol–water partition coefficient (Wildman–Crippen LogP) is 3.23. The highest BCUT2D eigenvalue weighted by atomic mass is 16.5. The summed E-state index contributed by atoms with van der Waals surface area (Å²) in [5.41, 5.74) is 2.21. The van der Waals surface area contributed by atoms with Crippen LogP contribution in [-0.2, 0) is 6.42 Å². The van der Waals surface area contributed by atoms with Gasteiger partial charge in [0.25, 0.3) is 0 Å². The van der Waals surface area contributed by atoms with Gasteiger partial charge in [-0.25, -0.2) is 4.79 Å². The summed E-state index contributed by atoms with van der Waals surface area (Å²) in [5, 5.41) is 2.92. The Balaban J connectivity index is 1.53. The minimum absolute atomic E-state index is 0.0870. The van der Waals surface area contributed by atoms with Crippen molar-refractivity contribution >= 4 is 11.7 Å². The normalized spacial score (nSPS) is 15.8. The van der Waals surface area contributed by atoms with Gasteiger partial charge in [-0.2, -0.15) is 0 Å². The van der Waals surface area contributed by atoms with Crippen LogP contribution in [0.1, 0.15) is 12.5 Å². The molecule has 0 saturated heterocycles. The van der Waals surface area contributed by atoms with E-state index in [0.717, 1.165) is 12.1 Å². The molecule has 1 N–H and O–H groups in total. The van der Waals surface area contributed by atoms with E-state index in [-0.39, 0.29) is 12.1 Å². The van der Waals surface area contributed by atoms with Gasteiger partial charge in [-0.1, -0.05) is 30.3 Å². The number of urea groups is 1. The Morgan fingerprint density at radius 3 is 2.67 bits per heavy atom. The van der Waals surface area contributed by atoms with E-state index in [0.29, 0.717) is 24.7 Å². The van der Waals surface area contributed by atoms with Crippen LogP contribution in [0.5, 0.6) is 11.5 Å². The van der Waals surface area contributed by atoms with Crippen molar-refractivity contribution in [2.24, 2.45) is 0 Å². The molecule has 2 aromatic carbocycles. The maximum absolute atomic E-state index is 12.5. The number of ether oxygens (including phenoxy) is 2. The summed E-state index contributed by atoms with van der Waals surface area (Å²) >= 11 is 0. The predicted molar refractivity (Wildman–Crippen MR) is 94.0 cm³/mol. The number of nitrogens with one attached hydrogen (secondary N) is 1.